The second-order valence-electron chi connectivity index (χ2n) is 5.80. The van der Waals surface area contributed by atoms with Gasteiger partial charge < -0.3 is 0 Å². The summed E-state index contributed by atoms with van der Waals surface area (Å²) in [5.41, 5.74) is 0.982. The first-order chi connectivity index (χ1) is 11.3. The molecule has 0 amide bonds. The van der Waals surface area contributed by atoms with Crippen molar-refractivity contribution in [3.63, 3.8) is 0 Å². The van der Waals surface area contributed by atoms with Crippen LogP contribution >= 0.6 is 0 Å². The second kappa shape index (κ2) is 7.18. The Balaban J connectivity index is 1.99. The summed E-state index contributed by atoms with van der Waals surface area (Å²) in [5.74, 6) is 0. The zero-order valence-corrected chi connectivity index (χ0v) is 13.4. The van der Waals surface area contributed by atoms with Crippen molar-refractivity contribution in [2.75, 3.05) is 0 Å². The highest BCUT2D eigenvalue weighted by atomic mass is 16.1. The van der Waals surface area contributed by atoms with E-state index in [0.29, 0.717) is 0 Å². The molecule has 0 fully saturated rings. The minimum absolute atomic E-state index is 0.0138. The molecule has 2 aromatic heterocycles. The monoisotopic (exact) mass is 307 g/mol. The smallest absolute Gasteiger partial charge is 0.267 e. The number of hydrogen-bond acceptors (Lipinski definition) is 3. The first-order valence-corrected chi connectivity index (χ1v) is 8.16. The van der Waals surface area contributed by atoms with E-state index in [2.05, 4.69) is 17.0 Å². The molecule has 0 aliphatic rings. The maximum atomic E-state index is 12.8. The van der Waals surface area contributed by atoms with Crippen molar-refractivity contribution in [2.24, 2.45) is 0 Å². The summed E-state index contributed by atoms with van der Waals surface area (Å²) in [7, 11) is 0. The van der Waals surface area contributed by atoms with Crippen LogP contribution in [0.3, 0.4) is 0 Å². The molecular weight excluding hydrogens is 286 g/mol. The number of fused-ring (bicyclic) bond motifs is 1. The van der Waals surface area contributed by atoms with Gasteiger partial charge in [-0.2, -0.15) is 5.10 Å². The van der Waals surface area contributed by atoms with Crippen LogP contribution in [0.5, 0.6) is 0 Å². The van der Waals surface area contributed by atoms with Gasteiger partial charge in [-0.05, 0) is 24.6 Å². The van der Waals surface area contributed by atoms with Crippen LogP contribution in [-0.4, -0.2) is 14.8 Å². The van der Waals surface area contributed by atoms with Crippen molar-refractivity contribution in [1.29, 1.82) is 0 Å². The van der Waals surface area contributed by atoms with Crippen molar-refractivity contribution in [2.45, 2.75) is 38.6 Å². The van der Waals surface area contributed by atoms with E-state index in [0.717, 1.165) is 42.1 Å². The third kappa shape index (κ3) is 3.47. The zero-order valence-electron chi connectivity index (χ0n) is 13.4. The fourth-order valence-electron chi connectivity index (χ4n) is 2.88. The minimum atomic E-state index is -0.0138. The van der Waals surface area contributed by atoms with E-state index >= 15 is 0 Å². The molecule has 1 unspecified atom stereocenters. The molecular formula is C19H21N3O. The Morgan fingerprint density at radius 2 is 1.96 bits per heavy atom. The highest BCUT2D eigenvalue weighted by molar-refractivity contribution is 5.80. The van der Waals surface area contributed by atoms with Gasteiger partial charge in [0.25, 0.3) is 5.56 Å². The van der Waals surface area contributed by atoms with Gasteiger partial charge in [-0.1, -0.05) is 44.0 Å². The first kappa shape index (κ1) is 15.4. The van der Waals surface area contributed by atoms with Crippen LogP contribution in [0.25, 0.3) is 10.8 Å². The quantitative estimate of drug-likeness (QED) is 0.696. The summed E-state index contributed by atoms with van der Waals surface area (Å²) in [6.07, 6.45) is 7.40. The summed E-state index contributed by atoms with van der Waals surface area (Å²) in [5, 5.41) is 6.05. The van der Waals surface area contributed by atoms with Crippen molar-refractivity contribution in [3.8, 4) is 0 Å². The Bertz CT molecular complexity index is 827. The number of unbranched alkanes of at least 4 members (excludes halogenated alkanes) is 1. The van der Waals surface area contributed by atoms with Crippen molar-refractivity contribution < 1.29 is 0 Å². The van der Waals surface area contributed by atoms with Gasteiger partial charge in [0.15, 0.2) is 0 Å². The minimum Gasteiger partial charge on any atom is -0.267 e. The van der Waals surface area contributed by atoms with E-state index in [1.54, 1.807) is 17.1 Å². The van der Waals surface area contributed by atoms with Crippen LogP contribution in [-0.2, 0) is 6.42 Å². The lowest BCUT2D eigenvalue weighted by Crippen LogP contribution is -2.28. The molecule has 118 valence electrons. The first-order valence-electron chi connectivity index (χ1n) is 8.16. The van der Waals surface area contributed by atoms with E-state index in [-0.39, 0.29) is 11.6 Å². The molecule has 0 spiro atoms. The van der Waals surface area contributed by atoms with Gasteiger partial charge in [0, 0.05) is 23.7 Å². The summed E-state index contributed by atoms with van der Waals surface area (Å²) in [4.78, 5) is 17.2. The predicted octanol–water partition coefficient (Wildman–Crippen LogP) is 3.77. The Kier molecular flexibility index (Phi) is 4.81. The maximum absolute atomic E-state index is 12.8. The van der Waals surface area contributed by atoms with E-state index in [9.17, 15) is 4.79 Å². The van der Waals surface area contributed by atoms with Crippen LogP contribution in [0, 0.1) is 0 Å². The fourth-order valence-corrected chi connectivity index (χ4v) is 2.88. The standard InChI is InChI=1S/C19H21N3O/c1-2-3-10-17(13-16-9-6-7-12-20-16)22-19(23)18-11-5-4-8-15(18)14-21-22/h4-9,11-12,14,17H,2-3,10,13H2,1H3. The van der Waals surface area contributed by atoms with E-state index < -0.39 is 0 Å². The van der Waals surface area contributed by atoms with Crippen molar-refractivity contribution in [3.05, 3.63) is 70.9 Å². The van der Waals surface area contributed by atoms with Gasteiger partial charge in [-0.3, -0.25) is 9.78 Å². The molecule has 1 aromatic carbocycles. The molecule has 3 aromatic rings. The number of rotatable bonds is 6. The molecule has 0 N–H and O–H groups in total. The van der Waals surface area contributed by atoms with E-state index in [1.807, 2.05) is 42.5 Å². The molecule has 23 heavy (non-hydrogen) atoms. The van der Waals surface area contributed by atoms with Gasteiger partial charge in [-0.15, -0.1) is 0 Å². The molecule has 0 saturated carbocycles. The molecule has 1 atom stereocenters. The third-order valence-electron chi connectivity index (χ3n) is 4.13. The Morgan fingerprint density at radius 1 is 1.13 bits per heavy atom. The highest BCUT2D eigenvalue weighted by Gasteiger charge is 2.16. The zero-order chi connectivity index (χ0) is 16.1. The molecule has 2 heterocycles. The molecule has 0 bridgehead atoms. The molecule has 4 nitrogen and oxygen atoms in total. The van der Waals surface area contributed by atoms with Crippen molar-refractivity contribution >= 4 is 10.8 Å². The summed E-state index contributed by atoms with van der Waals surface area (Å²) >= 11 is 0. The van der Waals surface area contributed by atoms with Gasteiger partial charge in [-0.25, -0.2) is 4.68 Å². The number of aromatic nitrogens is 3. The topological polar surface area (TPSA) is 47.8 Å². The van der Waals surface area contributed by atoms with Gasteiger partial charge in [0.1, 0.15) is 0 Å². The van der Waals surface area contributed by atoms with E-state index in [1.165, 1.54) is 0 Å². The highest BCUT2D eigenvalue weighted by Crippen LogP contribution is 2.18. The summed E-state index contributed by atoms with van der Waals surface area (Å²) < 4.78 is 1.65. The predicted molar refractivity (Wildman–Crippen MR) is 92.5 cm³/mol. The van der Waals surface area contributed by atoms with Crippen LogP contribution < -0.4 is 5.56 Å². The van der Waals surface area contributed by atoms with Gasteiger partial charge >= 0.3 is 0 Å². The molecule has 0 saturated heterocycles. The number of benzene rings is 1. The number of hydrogen-bond donors (Lipinski definition) is 0. The molecule has 0 radical (unpaired) electrons. The van der Waals surface area contributed by atoms with Crippen LogP contribution in [0.2, 0.25) is 0 Å². The largest absolute Gasteiger partial charge is 0.274 e. The third-order valence-corrected chi connectivity index (χ3v) is 4.13. The van der Waals surface area contributed by atoms with Crippen molar-refractivity contribution in [1.82, 2.24) is 14.8 Å². The lowest BCUT2D eigenvalue weighted by Gasteiger charge is -2.18. The van der Waals surface area contributed by atoms with Crippen LogP contribution in [0.1, 0.15) is 37.9 Å². The lowest BCUT2D eigenvalue weighted by atomic mass is 10.0. The summed E-state index contributed by atoms with van der Waals surface area (Å²) in [6, 6.07) is 13.6. The fraction of sp³-hybridized carbons (Fsp3) is 0.316. The molecule has 3 rings (SSSR count). The average molecular weight is 307 g/mol. The van der Waals surface area contributed by atoms with Gasteiger partial charge in [0.05, 0.1) is 17.6 Å². The van der Waals surface area contributed by atoms with Gasteiger partial charge in [0.2, 0.25) is 0 Å². The molecule has 0 aliphatic carbocycles. The number of nitrogens with zero attached hydrogens (tertiary/aromatic N) is 3. The Hall–Kier alpha value is -2.49. The Morgan fingerprint density at radius 3 is 2.74 bits per heavy atom. The molecule has 0 aliphatic heterocycles. The second-order valence-corrected chi connectivity index (χ2v) is 5.80. The van der Waals surface area contributed by atoms with Crippen LogP contribution in [0.15, 0.2) is 59.7 Å². The lowest BCUT2D eigenvalue weighted by molar-refractivity contribution is 0.392. The normalized spacial score (nSPS) is 12.4. The average Bonchev–Trinajstić information content (AvgIpc) is 2.60. The SMILES string of the molecule is CCCCC(Cc1ccccn1)n1ncc2ccccc2c1=O. The maximum Gasteiger partial charge on any atom is 0.274 e. The summed E-state index contributed by atoms with van der Waals surface area (Å²) in [6.45, 7) is 2.16. The van der Waals surface area contributed by atoms with Crippen LogP contribution in [0.4, 0.5) is 0 Å². The van der Waals surface area contributed by atoms with E-state index in [4.69, 9.17) is 0 Å². The number of pyridine rings is 1. The Labute approximate surface area is 135 Å². The molecule has 4 heteroatoms.